The van der Waals surface area contributed by atoms with Crippen LogP contribution in [0.2, 0.25) is 5.02 Å². The van der Waals surface area contributed by atoms with Crippen molar-refractivity contribution in [2.75, 3.05) is 62.7 Å². The molecule has 1 aromatic heterocycles. The number of anilines is 2. The molecule has 150 valence electrons. The zero-order valence-electron chi connectivity index (χ0n) is 15.9. The molecular formula is C19H24ClN5O3. The molecule has 3 heterocycles. The molecule has 0 atom stereocenters. The first kappa shape index (κ1) is 18.9. The van der Waals surface area contributed by atoms with Crippen molar-refractivity contribution in [1.29, 1.82) is 0 Å². The van der Waals surface area contributed by atoms with Gasteiger partial charge in [-0.2, -0.15) is 5.10 Å². The van der Waals surface area contributed by atoms with Gasteiger partial charge in [-0.25, -0.2) is 4.68 Å². The number of hydrogen-bond donors (Lipinski definition) is 1. The number of halogens is 1. The lowest BCUT2D eigenvalue weighted by Gasteiger charge is -2.37. The van der Waals surface area contributed by atoms with E-state index in [4.69, 9.17) is 21.1 Å². The molecule has 8 nitrogen and oxygen atoms in total. The molecule has 1 aromatic carbocycles. The summed E-state index contributed by atoms with van der Waals surface area (Å²) in [5.41, 5.74) is 1.39. The Labute approximate surface area is 168 Å². The first-order valence-corrected chi connectivity index (χ1v) is 9.83. The van der Waals surface area contributed by atoms with Crippen LogP contribution in [0.4, 0.5) is 11.4 Å². The molecule has 1 fully saturated rings. The van der Waals surface area contributed by atoms with Crippen LogP contribution in [0.1, 0.15) is 0 Å². The van der Waals surface area contributed by atoms with E-state index in [9.17, 15) is 4.79 Å². The molecule has 1 saturated heterocycles. The summed E-state index contributed by atoms with van der Waals surface area (Å²) in [6.45, 7) is 6.52. The second-order valence-corrected chi connectivity index (χ2v) is 7.24. The maximum atomic E-state index is 11.8. The summed E-state index contributed by atoms with van der Waals surface area (Å²) >= 11 is 6.09. The van der Waals surface area contributed by atoms with E-state index in [0.29, 0.717) is 25.4 Å². The van der Waals surface area contributed by atoms with Crippen LogP contribution in [0.15, 0.2) is 29.2 Å². The Morgan fingerprint density at radius 2 is 1.96 bits per heavy atom. The van der Waals surface area contributed by atoms with Crippen molar-refractivity contribution in [3.63, 3.8) is 0 Å². The molecule has 1 N–H and O–H groups in total. The van der Waals surface area contributed by atoms with Crippen molar-refractivity contribution in [1.82, 2.24) is 14.7 Å². The third kappa shape index (κ3) is 3.88. The number of aryl methyl sites for hydroxylation is 1. The molecule has 2 aliphatic heterocycles. The van der Waals surface area contributed by atoms with Gasteiger partial charge in [0.05, 0.1) is 17.6 Å². The third-order valence-corrected chi connectivity index (χ3v) is 5.45. The Morgan fingerprint density at radius 3 is 2.79 bits per heavy atom. The van der Waals surface area contributed by atoms with Crippen LogP contribution in [-0.2, 0) is 7.05 Å². The number of benzene rings is 1. The topological polar surface area (TPSA) is 71.9 Å². The second-order valence-electron chi connectivity index (χ2n) is 6.86. The summed E-state index contributed by atoms with van der Waals surface area (Å²) in [6, 6.07) is 6.06. The van der Waals surface area contributed by atoms with Crippen molar-refractivity contribution >= 4 is 23.0 Å². The lowest BCUT2D eigenvalue weighted by Crippen LogP contribution is -2.47. The van der Waals surface area contributed by atoms with E-state index in [1.165, 1.54) is 4.68 Å². The van der Waals surface area contributed by atoms with E-state index >= 15 is 0 Å². The molecule has 28 heavy (non-hydrogen) atoms. The van der Waals surface area contributed by atoms with Crippen LogP contribution in [-0.4, -0.2) is 67.2 Å². The maximum absolute atomic E-state index is 11.8. The Kier molecular flexibility index (Phi) is 5.59. The second kappa shape index (κ2) is 8.28. The summed E-state index contributed by atoms with van der Waals surface area (Å²) in [6.07, 6.45) is 1.59. The molecule has 0 unspecified atom stereocenters. The quantitative estimate of drug-likeness (QED) is 0.806. The van der Waals surface area contributed by atoms with Gasteiger partial charge in [-0.15, -0.1) is 0 Å². The molecule has 0 amide bonds. The zero-order valence-corrected chi connectivity index (χ0v) is 16.6. The fraction of sp³-hybridized carbons (Fsp3) is 0.474. The molecule has 0 radical (unpaired) electrons. The van der Waals surface area contributed by atoms with Crippen LogP contribution >= 0.6 is 11.6 Å². The predicted molar refractivity (Wildman–Crippen MR) is 109 cm³/mol. The Balaban J connectivity index is 1.30. The van der Waals surface area contributed by atoms with Crippen molar-refractivity contribution in [3.8, 4) is 11.5 Å². The number of para-hydroxylation sites is 1. The number of rotatable bonds is 5. The fourth-order valence-corrected chi connectivity index (χ4v) is 3.74. The van der Waals surface area contributed by atoms with Gasteiger partial charge >= 0.3 is 0 Å². The highest BCUT2D eigenvalue weighted by atomic mass is 35.5. The lowest BCUT2D eigenvalue weighted by atomic mass is 10.2. The average molecular weight is 406 g/mol. The molecule has 0 aliphatic carbocycles. The summed E-state index contributed by atoms with van der Waals surface area (Å²) < 4.78 is 12.8. The van der Waals surface area contributed by atoms with E-state index < -0.39 is 0 Å². The van der Waals surface area contributed by atoms with Crippen molar-refractivity contribution < 1.29 is 9.47 Å². The van der Waals surface area contributed by atoms with Gasteiger partial charge in [0.25, 0.3) is 5.56 Å². The minimum Gasteiger partial charge on any atom is -0.486 e. The van der Waals surface area contributed by atoms with Crippen LogP contribution in [0, 0.1) is 0 Å². The third-order valence-electron chi connectivity index (χ3n) is 5.08. The summed E-state index contributed by atoms with van der Waals surface area (Å²) in [5.74, 6) is 1.69. The molecule has 2 aliphatic rings. The molecule has 4 rings (SSSR count). The monoisotopic (exact) mass is 405 g/mol. The van der Waals surface area contributed by atoms with Crippen LogP contribution in [0.3, 0.4) is 0 Å². The van der Waals surface area contributed by atoms with E-state index in [1.54, 1.807) is 13.2 Å². The number of hydrogen-bond acceptors (Lipinski definition) is 7. The van der Waals surface area contributed by atoms with E-state index in [1.807, 2.05) is 12.1 Å². The fourth-order valence-electron chi connectivity index (χ4n) is 3.50. The van der Waals surface area contributed by atoms with E-state index in [-0.39, 0.29) is 10.6 Å². The molecule has 9 heteroatoms. The first-order valence-electron chi connectivity index (χ1n) is 9.45. The lowest BCUT2D eigenvalue weighted by molar-refractivity contribution is 0.171. The van der Waals surface area contributed by atoms with Gasteiger partial charge in [-0.3, -0.25) is 9.69 Å². The highest BCUT2D eigenvalue weighted by Crippen LogP contribution is 2.39. The molecule has 0 spiro atoms. The van der Waals surface area contributed by atoms with Crippen molar-refractivity contribution in [2.24, 2.45) is 7.05 Å². The van der Waals surface area contributed by atoms with Crippen LogP contribution in [0.25, 0.3) is 0 Å². The van der Waals surface area contributed by atoms with Gasteiger partial charge < -0.3 is 19.7 Å². The standard InChI is InChI=1S/C19H24ClN5O3/c1-23-19(26)17(20)14(13-22-23)21-5-6-24-7-9-25(10-8-24)15-3-2-4-16-18(15)28-12-11-27-16/h2-4,13,21H,5-12H2,1H3. The summed E-state index contributed by atoms with van der Waals surface area (Å²) in [4.78, 5) is 16.6. The largest absolute Gasteiger partial charge is 0.486 e. The highest BCUT2D eigenvalue weighted by Gasteiger charge is 2.23. The normalized spacial score (nSPS) is 16.9. The number of ether oxygens (including phenoxy) is 2. The van der Waals surface area contributed by atoms with Gasteiger partial charge in [0.15, 0.2) is 11.5 Å². The van der Waals surface area contributed by atoms with Gasteiger partial charge in [0, 0.05) is 46.3 Å². The maximum Gasteiger partial charge on any atom is 0.287 e. The van der Waals surface area contributed by atoms with Crippen molar-refractivity contribution in [2.45, 2.75) is 0 Å². The number of aromatic nitrogens is 2. The van der Waals surface area contributed by atoms with E-state index in [2.05, 4.69) is 26.3 Å². The highest BCUT2D eigenvalue weighted by molar-refractivity contribution is 6.32. The Morgan fingerprint density at radius 1 is 1.18 bits per heavy atom. The summed E-state index contributed by atoms with van der Waals surface area (Å²) in [7, 11) is 1.58. The number of nitrogens with one attached hydrogen (secondary N) is 1. The number of nitrogens with zero attached hydrogens (tertiary/aromatic N) is 4. The SMILES string of the molecule is Cn1ncc(NCCN2CCN(c3cccc4c3OCCO4)CC2)c(Cl)c1=O. The van der Waals surface area contributed by atoms with E-state index in [0.717, 1.165) is 49.9 Å². The minimum absolute atomic E-state index is 0.179. The van der Waals surface area contributed by atoms with Crippen LogP contribution < -0.4 is 25.2 Å². The number of fused-ring (bicyclic) bond motifs is 1. The number of piperazine rings is 1. The Hall–Kier alpha value is -2.45. The molecule has 2 aromatic rings. The Bertz CT molecular complexity index is 896. The average Bonchev–Trinajstić information content (AvgIpc) is 2.74. The molecular weight excluding hydrogens is 382 g/mol. The van der Waals surface area contributed by atoms with Gasteiger partial charge in [0.2, 0.25) is 0 Å². The minimum atomic E-state index is -0.294. The molecule has 0 bridgehead atoms. The first-order chi connectivity index (χ1) is 13.6. The smallest absolute Gasteiger partial charge is 0.287 e. The van der Waals surface area contributed by atoms with Crippen LogP contribution in [0.5, 0.6) is 11.5 Å². The van der Waals surface area contributed by atoms with Gasteiger partial charge in [-0.05, 0) is 12.1 Å². The zero-order chi connectivity index (χ0) is 19.5. The van der Waals surface area contributed by atoms with Gasteiger partial charge in [-0.1, -0.05) is 17.7 Å². The summed E-state index contributed by atoms with van der Waals surface area (Å²) in [5, 5.41) is 7.39. The predicted octanol–water partition coefficient (Wildman–Crippen LogP) is 1.44. The molecule has 0 saturated carbocycles. The van der Waals surface area contributed by atoms with Gasteiger partial charge in [0.1, 0.15) is 18.2 Å². The van der Waals surface area contributed by atoms with Crippen molar-refractivity contribution in [3.05, 3.63) is 39.8 Å².